The molecule has 0 unspecified atom stereocenters. The maximum atomic E-state index is 6.27. The highest BCUT2D eigenvalue weighted by molar-refractivity contribution is 6.33. The van der Waals surface area contributed by atoms with Gasteiger partial charge >= 0.3 is 0 Å². The molecule has 0 radical (unpaired) electrons. The van der Waals surface area contributed by atoms with E-state index in [4.69, 9.17) is 21.1 Å². The Kier molecular flexibility index (Phi) is 3.56. The molecule has 1 aromatic rings. The van der Waals surface area contributed by atoms with Crippen LogP contribution < -0.4 is 14.8 Å². The first-order valence-electron chi connectivity index (χ1n) is 5.46. The molecule has 88 valence electrons. The third-order valence-corrected chi connectivity index (χ3v) is 3.23. The second-order valence-electron chi connectivity index (χ2n) is 3.85. The van der Waals surface area contributed by atoms with E-state index in [2.05, 4.69) is 5.32 Å². The van der Waals surface area contributed by atoms with Crippen LogP contribution in [-0.4, -0.2) is 26.8 Å². The number of fused-ring (bicyclic) bond motifs is 1. The summed E-state index contributed by atoms with van der Waals surface area (Å²) in [4.78, 5) is 0. The van der Waals surface area contributed by atoms with Crippen LogP contribution in [-0.2, 0) is 6.42 Å². The summed E-state index contributed by atoms with van der Waals surface area (Å²) < 4.78 is 11.1. The van der Waals surface area contributed by atoms with Gasteiger partial charge in [-0.3, -0.25) is 0 Å². The van der Waals surface area contributed by atoms with Gasteiger partial charge in [0.15, 0.2) is 11.5 Å². The highest BCUT2D eigenvalue weighted by atomic mass is 35.5. The number of hydrogen-bond acceptors (Lipinski definition) is 3. The minimum Gasteiger partial charge on any atom is -0.486 e. The van der Waals surface area contributed by atoms with E-state index in [1.54, 1.807) is 0 Å². The molecular formula is C12H16ClNO2. The van der Waals surface area contributed by atoms with E-state index < -0.39 is 0 Å². The molecule has 0 spiro atoms. The first kappa shape index (κ1) is 11.6. The van der Waals surface area contributed by atoms with Gasteiger partial charge in [-0.05, 0) is 44.1 Å². The third kappa shape index (κ3) is 2.11. The Balaban J connectivity index is 2.36. The van der Waals surface area contributed by atoms with E-state index in [9.17, 15) is 0 Å². The van der Waals surface area contributed by atoms with Gasteiger partial charge < -0.3 is 14.8 Å². The largest absolute Gasteiger partial charge is 0.486 e. The SMILES string of the molecule is CNCCc1cc2c(c(Cl)c1C)OCCO2. The number of benzene rings is 1. The van der Waals surface area contributed by atoms with E-state index in [0.717, 1.165) is 24.3 Å². The number of ether oxygens (including phenoxy) is 2. The normalized spacial score (nSPS) is 13.9. The van der Waals surface area contributed by atoms with Crippen LogP contribution in [0.2, 0.25) is 5.02 Å². The Hall–Kier alpha value is -0.930. The van der Waals surface area contributed by atoms with Crippen molar-refractivity contribution in [1.29, 1.82) is 0 Å². The summed E-state index contributed by atoms with van der Waals surface area (Å²) in [6.07, 6.45) is 0.943. The summed E-state index contributed by atoms with van der Waals surface area (Å²) in [6.45, 7) is 4.11. The molecule has 0 saturated heterocycles. The van der Waals surface area contributed by atoms with Gasteiger partial charge in [0, 0.05) is 0 Å². The second kappa shape index (κ2) is 4.93. The summed E-state index contributed by atoms with van der Waals surface area (Å²) in [5.74, 6) is 1.46. The molecule has 4 heteroatoms. The van der Waals surface area contributed by atoms with Crippen molar-refractivity contribution in [2.45, 2.75) is 13.3 Å². The molecule has 1 aromatic carbocycles. The van der Waals surface area contributed by atoms with Crippen LogP contribution in [0, 0.1) is 6.92 Å². The number of hydrogen-bond donors (Lipinski definition) is 1. The van der Waals surface area contributed by atoms with Crippen LogP contribution in [0.15, 0.2) is 6.07 Å². The Morgan fingerprint density at radius 3 is 2.88 bits per heavy atom. The first-order chi connectivity index (χ1) is 7.74. The number of rotatable bonds is 3. The number of nitrogens with one attached hydrogen (secondary N) is 1. The lowest BCUT2D eigenvalue weighted by Gasteiger charge is -2.22. The van der Waals surface area contributed by atoms with E-state index in [1.165, 1.54) is 5.56 Å². The average Bonchev–Trinajstić information content (AvgIpc) is 2.32. The van der Waals surface area contributed by atoms with Gasteiger partial charge in [-0.15, -0.1) is 0 Å². The molecule has 1 aliphatic rings. The molecule has 1 heterocycles. The quantitative estimate of drug-likeness (QED) is 0.880. The van der Waals surface area contributed by atoms with Gasteiger partial charge in [0.25, 0.3) is 0 Å². The molecule has 0 aromatic heterocycles. The Morgan fingerprint density at radius 2 is 2.12 bits per heavy atom. The monoisotopic (exact) mass is 241 g/mol. The van der Waals surface area contributed by atoms with Crippen molar-refractivity contribution in [1.82, 2.24) is 5.32 Å². The van der Waals surface area contributed by atoms with Crippen molar-refractivity contribution in [3.63, 3.8) is 0 Å². The van der Waals surface area contributed by atoms with Crippen molar-refractivity contribution < 1.29 is 9.47 Å². The van der Waals surface area contributed by atoms with Crippen molar-refractivity contribution >= 4 is 11.6 Å². The molecule has 0 saturated carbocycles. The molecule has 0 fully saturated rings. The van der Waals surface area contributed by atoms with E-state index in [0.29, 0.717) is 24.0 Å². The number of halogens is 1. The molecule has 3 nitrogen and oxygen atoms in total. The maximum Gasteiger partial charge on any atom is 0.180 e. The highest BCUT2D eigenvalue weighted by Crippen LogP contribution is 2.41. The van der Waals surface area contributed by atoms with Crippen LogP contribution in [0.25, 0.3) is 0 Å². The number of likely N-dealkylation sites (N-methyl/N-ethyl adjacent to an activating group) is 1. The predicted octanol–water partition coefficient (Wildman–Crippen LogP) is 2.18. The van der Waals surface area contributed by atoms with Crippen LogP contribution >= 0.6 is 11.6 Å². The Morgan fingerprint density at radius 1 is 1.38 bits per heavy atom. The Bertz CT molecular complexity index is 393. The van der Waals surface area contributed by atoms with Gasteiger partial charge in [-0.2, -0.15) is 0 Å². The smallest absolute Gasteiger partial charge is 0.180 e. The third-order valence-electron chi connectivity index (χ3n) is 2.77. The minimum atomic E-state index is 0.571. The molecule has 0 bridgehead atoms. The van der Waals surface area contributed by atoms with Gasteiger partial charge in [0.05, 0.1) is 5.02 Å². The fraction of sp³-hybridized carbons (Fsp3) is 0.500. The first-order valence-corrected chi connectivity index (χ1v) is 5.84. The van der Waals surface area contributed by atoms with Gasteiger partial charge in [0.2, 0.25) is 0 Å². The van der Waals surface area contributed by atoms with Crippen molar-refractivity contribution in [2.24, 2.45) is 0 Å². The van der Waals surface area contributed by atoms with Crippen molar-refractivity contribution in [3.05, 3.63) is 22.2 Å². The zero-order chi connectivity index (χ0) is 11.5. The lowest BCUT2D eigenvalue weighted by Crippen LogP contribution is -2.17. The molecule has 0 amide bonds. The second-order valence-corrected chi connectivity index (χ2v) is 4.23. The lowest BCUT2D eigenvalue weighted by atomic mass is 10.0. The molecule has 2 rings (SSSR count). The van der Waals surface area contributed by atoms with Gasteiger partial charge in [0.1, 0.15) is 13.2 Å². The lowest BCUT2D eigenvalue weighted by molar-refractivity contribution is 0.171. The van der Waals surface area contributed by atoms with Crippen molar-refractivity contribution in [3.8, 4) is 11.5 Å². The predicted molar refractivity (Wildman–Crippen MR) is 64.8 cm³/mol. The van der Waals surface area contributed by atoms with Crippen LogP contribution in [0.4, 0.5) is 0 Å². The zero-order valence-electron chi connectivity index (χ0n) is 9.60. The van der Waals surface area contributed by atoms with Crippen LogP contribution in [0.1, 0.15) is 11.1 Å². The summed E-state index contributed by atoms with van der Waals surface area (Å²) in [7, 11) is 1.94. The minimum absolute atomic E-state index is 0.571. The summed E-state index contributed by atoms with van der Waals surface area (Å²) >= 11 is 6.27. The topological polar surface area (TPSA) is 30.5 Å². The average molecular weight is 242 g/mol. The molecule has 1 aliphatic heterocycles. The van der Waals surface area contributed by atoms with Crippen LogP contribution in [0.5, 0.6) is 11.5 Å². The fourth-order valence-electron chi connectivity index (χ4n) is 1.81. The standard InChI is InChI=1S/C12H16ClNO2/c1-8-9(3-4-14-2)7-10-12(11(8)13)16-6-5-15-10/h7,14H,3-6H2,1-2H3. The molecule has 0 atom stereocenters. The van der Waals surface area contributed by atoms with E-state index in [1.807, 2.05) is 20.0 Å². The highest BCUT2D eigenvalue weighted by Gasteiger charge is 2.19. The van der Waals surface area contributed by atoms with Crippen LogP contribution in [0.3, 0.4) is 0 Å². The fourth-order valence-corrected chi connectivity index (χ4v) is 2.08. The molecule has 1 N–H and O–H groups in total. The van der Waals surface area contributed by atoms with E-state index in [-0.39, 0.29) is 0 Å². The molecule has 0 aliphatic carbocycles. The van der Waals surface area contributed by atoms with Gasteiger partial charge in [-0.1, -0.05) is 11.6 Å². The summed E-state index contributed by atoms with van der Waals surface area (Å²) in [6, 6.07) is 2.03. The Labute approximate surface area is 101 Å². The zero-order valence-corrected chi connectivity index (χ0v) is 10.4. The summed E-state index contributed by atoms with van der Waals surface area (Å²) in [5.41, 5.74) is 2.30. The molecular weight excluding hydrogens is 226 g/mol. The van der Waals surface area contributed by atoms with Gasteiger partial charge in [-0.25, -0.2) is 0 Å². The maximum absolute atomic E-state index is 6.27. The van der Waals surface area contributed by atoms with E-state index >= 15 is 0 Å². The summed E-state index contributed by atoms with van der Waals surface area (Å²) in [5, 5.41) is 3.81. The van der Waals surface area contributed by atoms with Crippen molar-refractivity contribution in [2.75, 3.05) is 26.8 Å². The molecule has 16 heavy (non-hydrogen) atoms.